The molecular weight excluding hydrogens is 168 g/mol. The molecule has 0 spiro atoms. The summed E-state index contributed by atoms with van der Waals surface area (Å²) in [5.74, 6) is 0.214. The predicted octanol–water partition coefficient (Wildman–Crippen LogP) is 1.34. The molecule has 72 valence electrons. The van der Waals surface area contributed by atoms with Crippen LogP contribution in [0.4, 0.5) is 5.88 Å². The van der Waals surface area contributed by atoms with Crippen molar-refractivity contribution in [1.29, 1.82) is 0 Å². The summed E-state index contributed by atoms with van der Waals surface area (Å²) in [6.07, 6.45) is 1.53. The summed E-state index contributed by atoms with van der Waals surface area (Å²) in [6, 6.07) is 0. The second kappa shape index (κ2) is 3.51. The maximum Gasteiger partial charge on any atom is 0.256 e. The summed E-state index contributed by atoms with van der Waals surface area (Å²) in [6.45, 7) is 3.97. The van der Waals surface area contributed by atoms with Crippen molar-refractivity contribution in [2.24, 2.45) is 0 Å². The van der Waals surface area contributed by atoms with Gasteiger partial charge in [-0.05, 0) is 5.92 Å². The van der Waals surface area contributed by atoms with Gasteiger partial charge < -0.3 is 15.5 Å². The first-order valence-corrected chi connectivity index (χ1v) is 4.16. The Hall–Kier alpha value is -1.45. The van der Waals surface area contributed by atoms with Gasteiger partial charge in [-0.3, -0.25) is 4.79 Å². The van der Waals surface area contributed by atoms with E-state index in [1.807, 2.05) is 13.8 Å². The smallest absolute Gasteiger partial charge is 0.256 e. The largest absolute Gasteiger partial charge is 0.448 e. The van der Waals surface area contributed by atoms with Crippen molar-refractivity contribution in [2.75, 3.05) is 12.8 Å². The van der Waals surface area contributed by atoms with E-state index >= 15 is 0 Å². The third-order valence-electron chi connectivity index (χ3n) is 1.92. The van der Waals surface area contributed by atoms with Crippen LogP contribution in [0.25, 0.3) is 0 Å². The van der Waals surface area contributed by atoms with Crippen molar-refractivity contribution >= 4 is 11.8 Å². The Morgan fingerprint density at radius 1 is 1.62 bits per heavy atom. The third kappa shape index (κ3) is 1.66. The van der Waals surface area contributed by atoms with Gasteiger partial charge in [-0.2, -0.15) is 0 Å². The summed E-state index contributed by atoms with van der Waals surface area (Å²) >= 11 is 0. The minimum absolute atomic E-state index is 0.183. The van der Waals surface area contributed by atoms with Gasteiger partial charge in [-0.15, -0.1) is 0 Å². The lowest BCUT2D eigenvalue weighted by atomic mass is 10.0. The first kappa shape index (κ1) is 9.64. The minimum Gasteiger partial charge on any atom is -0.448 e. The highest BCUT2D eigenvalue weighted by atomic mass is 16.3. The van der Waals surface area contributed by atoms with Gasteiger partial charge in [-0.25, -0.2) is 0 Å². The van der Waals surface area contributed by atoms with Gasteiger partial charge >= 0.3 is 0 Å². The summed E-state index contributed by atoms with van der Waals surface area (Å²) in [5.41, 5.74) is 6.83. The molecule has 0 saturated heterocycles. The number of carbonyl (C=O) groups excluding carboxylic acids is 1. The number of hydrogen-bond donors (Lipinski definition) is 2. The molecule has 4 heteroatoms. The monoisotopic (exact) mass is 182 g/mol. The van der Waals surface area contributed by atoms with E-state index in [1.54, 1.807) is 7.05 Å². The van der Waals surface area contributed by atoms with E-state index in [4.69, 9.17) is 10.2 Å². The quantitative estimate of drug-likeness (QED) is 0.725. The van der Waals surface area contributed by atoms with Gasteiger partial charge in [0.15, 0.2) is 0 Å². The van der Waals surface area contributed by atoms with Crippen LogP contribution in [0.5, 0.6) is 0 Å². The van der Waals surface area contributed by atoms with Gasteiger partial charge in [-0.1, -0.05) is 13.8 Å². The summed E-state index contributed by atoms with van der Waals surface area (Å²) in [7, 11) is 1.57. The van der Waals surface area contributed by atoms with Gasteiger partial charge in [0.25, 0.3) is 5.91 Å². The number of rotatable bonds is 2. The van der Waals surface area contributed by atoms with E-state index in [-0.39, 0.29) is 17.7 Å². The number of furan rings is 1. The zero-order valence-corrected chi connectivity index (χ0v) is 8.05. The molecule has 0 aliphatic carbocycles. The Bertz CT molecular complexity index is 315. The molecule has 1 aromatic heterocycles. The summed E-state index contributed by atoms with van der Waals surface area (Å²) < 4.78 is 5.00. The molecule has 3 N–H and O–H groups in total. The van der Waals surface area contributed by atoms with Crippen LogP contribution in [0.15, 0.2) is 10.7 Å². The average molecular weight is 182 g/mol. The fourth-order valence-corrected chi connectivity index (χ4v) is 1.18. The van der Waals surface area contributed by atoms with Crippen molar-refractivity contribution in [3.8, 4) is 0 Å². The van der Waals surface area contributed by atoms with E-state index in [1.165, 1.54) is 6.26 Å². The van der Waals surface area contributed by atoms with Gasteiger partial charge in [0.2, 0.25) is 5.88 Å². The maximum absolute atomic E-state index is 11.4. The van der Waals surface area contributed by atoms with Crippen molar-refractivity contribution < 1.29 is 9.21 Å². The van der Waals surface area contributed by atoms with E-state index < -0.39 is 0 Å². The highest BCUT2D eigenvalue weighted by Gasteiger charge is 2.19. The molecule has 0 aliphatic rings. The highest BCUT2D eigenvalue weighted by Crippen LogP contribution is 2.26. The lowest BCUT2D eigenvalue weighted by Crippen LogP contribution is -2.20. The molecule has 0 atom stereocenters. The molecule has 0 unspecified atom stereocenters. The van der Waals surface area contributed by atoms with Crippen molar-refractivity contribution in [3.05, 3.63) is 17.4 Å². The summed E-state index contributed by atoms with van der Waals surface area (Å²) in [5, 5.41) is 2.52. The van der Waals surface area contributed by atoms with E-state index in [9.17, 15) is 4.79 Å². The van der Waals surface area contributed by atoms with Gasteiger partial charge in [0.1, 0.15) is 5.56 Å². The third-order valence-corrected chi connectivity index (χ3v) is 1.92. The SMILES string of the molecule is CNC(=O)c1c(C(C)C)coc1N. The number of nitrogen functional groups attached to an aromatic ring is 1. The molecule has 1 amide bonds. The molecule has 0 aliphatic heterocycles. The Labute approximate surface area is 77.1 Å². The minimum atomic E-state index is -0.199. The lowest BCUT2D eigenvalue weighted by Gasteiger charge is -2.04. The Kier molecular flexibility index (Phi) is 2.60. The molecule has 0 saturated carbocycles. The van der Waals surface area contributed by atoms with Crippen LogP contribution in [-0.2, 0) is 0 Å². The molecule has 0 radical (unpaired) electrons. The zero-order valence-electron chi connectivity index (χ0n) is 8.05. The molecule has 0 fully saturated rings. The number of hydrogen-bond acceptors (Lipinski definition) is 3. The number of nitrogens with two attached hydrogens (primary N) is 1. The Balaban J connectivity index is 3.16. The second-order valence-electron chi connectivity index (χ2n) is 3.16. The lowest BCUT2D eigenvalue weighted by molar-refractivity contribution is 0.0962. The molecule has 13 heavy (non-hydrogen) atoms. The Morgan fingerprint density at radius 2 is 2.23 bits per heavy atom. The second-order valence-corrected chi connectivity index (χ2v) is 3.16. The van der Waals surface area contributed by atoms with Crippen LogP contribution in [0, 0.1) is 0 Å². The predicted molar refractivity (Wildman–Crippen MR) is 50.6 cm³/mol. The van der Waals surface area contributed by atoms with Crippen molar-refractivity contribution in [2.45, 2.75) is 19.8 Å². The zero-order chi connectivity index (χ0) is 10.0. The molecule has 0 bridgehead atoms. The van der Waals surface area contributed by atoms with Gasteiger partial charge in [0.05, 0.1) is 6.26 Å². The summed E-state index contributed by atoms with van der Waals surface area (Å²) in [4.78, 5) is 11.4. The van der Waals surface area contributed by atoms with E-state index in [0.29, 0.717) is 5.56 Å². The maximum atomic E-state index is 11.4. The topological polar surface area (TPSA) is 68.3 Å². The van der Waals surface area contributed by atoms with Crippen molar-refractivity contribution in [3.63, 3.8) is 0 Å². The van der Waals surface area contributed by atoms with Crippen molar-refractivity contribution in [1.82, 2.24) is 5.32 Å². The molecule has 1 heterocycles. The van der Waals surface area contributed by atoms with Crippen LogP contribution in [0.1, 0.15) is 35.7 Å². The van der Waals surface area contributed by atoms with E-state index in [2.05, 4.69) is 5.32 Å². The van der Waals surface area contributed by atoms with E-state index in [0.717, 1.165) is 5.56 Å². The standard InChI is InChI=1S/C9H14N2O2/c1-5(2)6-4-13-8(10)7(6)9(12)11-3/h4-5H,10H2,1-3H3,(H,11,12). The first-order chi connectivity index (χ1) is 6.07. The number of nitrogens with one attached hydrogen (secondary N) is 1. The molecule has 1 aromatic rings. The molecule has 4 nitrogen and oxygen atoms in total. The van der Waals surface area contributed by atoms with Crippen LogP contribution < -0.4 is 11.1 Å². The molecule has 1 rings (SSSR count). The molecular formula is C9H14N2O2. The average Bonchev–Trinajstić information content (AvgIpc) is 2.46. The number of anilines is 1. The highest BCUT2D eigenvalue weighted by molar-refractivity contribution is 5.99. The fourth-order valence-electron chi connectivity index (χ4n) is 1.18. The van der Waals surface area contributed by atoms with Gasteiger partial charge in [0, 0.05) is 12.6 Å². The van der Waals surface area contributed by atoms with Crippen LogP contribution >= 0.6 is 0 Å². The van der Waals surface area contributed by atoms with Crippen LogP contribution in [-0.4, -0.2) is 13.0 Å². The first-order valence-electron chi connectivity index (χ1n) is 4.16. The number of carbonyl (C=O) groups is 1. The van der Waals surface area contributed by atoms with Crippen LogP contribution in [0.3, 0.4) is 0 Å². The molecule has 0 aromatic carbocycles. The normalized spacial score (nSPS) is 10.5. The van der Waals surface area contributed by atoms with Crippen LogP contribution in [0.2, 0.25) is 0 Å². The number of amides is 1. The fraction of sp³-hybridized carbons (Fsp3) is 0.444. The Morgan fingerprint density at radius 3 is 2.69 bits per heavy atom.